The van der Waals surface area contributed by atoms with Gasteiger partial charge < -0.3 is 10.1 Å². The van der Waals surface area contributed by atoms with Crippen LogP contribution in [0, 0.1) is 0 Å². The van der Waals surface area contributed by atoms with Crippen LogP contribution in [-0.2, 0) is 24.8 Å². The van der Waals surface area contributed by atoms with Crippen LogP contribution >= 0.6 is 11.8 Å². The summed E-state index contributed by atoms with van der Waals surface area (Å²) in [5.41, 5.74) is 0.422. The molecule has 3 rings (SSSR count). The smallest absolute Gasteiger partial charge is 0.243 e. The molecule has 1 heterocycles. The van der Waals surface area contributed by atoms with Crippen molar-refractivity contribution in [1.29, 1.82) is 0 Å². The minimum Gasteiger partial charge on any atom is -0.492 e. The summed E-state index contributed by atoms with van der Waals surface area (Å²) in [6.07, 6.45) is 5.74. The number of anilines is 1. The lowest BCUT2D eigenvalue weighted by molar-refractivity contribution is -0.119. The Kier molecular flexibility index (Phi) is 9.45. The van der Waals surface area contributed by atoms with Crippen molar-refractivity contribution in [3.8, 4) is 5.75 Å². The molecular weight excluding hydrogens is 510 g/mol. The minimum absolute atomic E-state index is 0.144. The molecule has 9 nitrogen and oxygen atoms in total. The fraction of sp³-hybridized carbons (Fsp3) is 0.435. The highest BCUT2D eigenvalue weighted by atomic mass is 32.2. The maximum Gasteiger partial charge on any atom is 0.243 e. The number of hydrogen-bond donors (Lipinski definition) is 1. The van der Waals surface area contributed by atoms with Crippen LogP contribution in [0.15, 0.2) is 58.3 Å². The van der Waals surface area contributed by atoms with Crippen LogP contribution in [0.1, 0.15) is 19.3 Å². The van der Waals surface area contributed by atoms with Gasteiger partial charge in [0.1, 0.15) is 18.9 Å². The number of ether oxygens (including phenoxy) is 1. The van der Waals surface area contributed by atoms with Crippen molar-refractivity contribution in [3.63, 3.8) is 0 Å². The Hall–Kier alpha value is -2.28. The molecule has 35 heavy (non-hydrogen) atoms. The van der Waals surface area contributed by atoms with Crippen molar-refractivity contribution >= 4 is 43.4 Å². The lowest BCUT2D eigenvalue weighted by atomic mass is 10.2. The molecule has 1 saturated heterocycles. The van der Waals surface area contributed by atoms with Crippen LogP contribution in [0.5, 0.6) is 5.75 Å². The van der Waals surface area contributed by atoms with Gasteiger partial charge in [-0.1, -0.05) is 12.5 Å². The average Bonchev–Trinajstić information content (AvgIpc) is 2.85. The van der Waals surface area contributed by atoms with E-state index in [-0.39, 0.29) is 24.6 Å². The Morgan fingerprint density at radius 3 is 2.37 bits per heavy atom. The third-order valence-corrected chi connectivity index (χ3v) is 9.28. The first-order valence-electron chi connectivity index (χ1n) is 11.2. The number of amides is 1. The molecule has 0 unspecified atom stereocenters. The summed E-state index contributed by atoms with van der Waals surface area (Å²) in [5, 5.41) is 2.65. The van der Waals surface area contributed by atoms with Crippen LogP contribution in [0.4, 0.5) is 5.69 Å². The van der Waals surface area contributed by atoms with Crippen molar-refractivity contribution in [1.82, 2.24) is 9.62 Å². The molecule has 192 valence electrons. The third kappa shape index (κ3) is 7.60. The quantitative estimate of drug-likeness (QED) is 0.344. The van der Waals surface area contributed by atoms with Gasteiger partial charge in [0.15, 0.2) is 0 Å². The molecule has 1 fully saturated rings. The molecule has 1 N–H and O–H groups in total. The van der Waals surface area contributed by atoms with Gasteiger partial charge in [-0.25, -0.2) is 16.8 Å². The van der Waals surface area contributed by atoms with E-state index < -0.39 is 26.0 Å². The molecule has 1 aliphatic heterocycles. The summed E-state index contributed by atoms with van der Waals surface area (Å²) in [4.78, 5) is 13.5. The van der Waals surface area contributed by atoms with E-state index in [0.29, 0.717) is 24.5 Å². The number of piperidine rings is 1. The summed E-state index contributed by atoms with van der Waals surface area (Å²) in [6, 6.07) is 13.2. The van der Waals surface area contributed by atoms with Crippen LogP contribution in [0.3, 0.4) is 0 Å². The highest BCUT2D eigenvalue weighted by Gasteiger charge is 2.26. The third-order valence-electron chi connectivity index (χ3n) is 5.50. The molecule has 0 aromatic heterocycles. The second-order valence-corrected chi connectivity index (χ2v) is 12.8. The number of thioether (sulfide) groups is 1. The van der Waals surface area contributed by atoms with Crippen LogP contribution in [0.2, 0.25) is 0 Å². The van der Waals surface area contributed by atoms with E-state index in [0.717, 1.165) is 34.7 Å². The highest BCUT2D eigenvalue weighted by Crippen LogP contribution is 2.24. The van der Waals surface area contributed by atoms with Gasteiger partial charge in [0.05, 0.1) is 23.4 Å². The number of nitrogens with one attached hydrogen (secondary N) is 1. The Bertz CT molecular complexity index is 1210. The van der Waals surface area contributed by atoms with Gasteiger partial charge >= 0.3 is 0 Å². The molecule has 2 aromatic carbocycles. The molecule has 2 aromatic rings. The first-order chi connectivity index (χ1) is 16.6. The average molecular weight is 542 g/mol. The fourth-order valence-electron chi connectivity index (χ4n) is 3.67. The van der Waals surface area contributed by atoms with E-state index in [4.69, 9.17) is 4.74 Å². The summed E-state index contributed by atoms with van der Waals surface area (Å²) in [7, 11) is -7.16. The maximum absolute atomic E-state index is 12.7. The van der Waals surface area contributed by atoms with Gasteiger partial charge in [0.25, 0.3) is 0 Å². The number of carbonyl (C=O) groups is 1. The van der Waals surface area contributed by atoms with Crippen molar-refractivity contribution < 1.29 is 26.4 Å². The Balaban J connectivity index is 1.50. The van der Waals surface area contributed by atoms with E-state index in [1.165, 1.54) is 28.2 Å². The minimum atomic E-state index is -3.66. The Morgan fingerprint density at radius 2 is 1.74 bits per heavy atom. The first kappa shape index (κ1) is 27.3. The number of hydrogen-bond acceptors (Lipinski definition) is 7. The molecule has 0 saturated carbocycles. The molecule has 1 aliphatic rings. The van der Waals surface area contributed by atoms with Crippen molar-refractivity contribution in [2.45, 2.75) is 29.1 Å². The summed E-state index contributed by atoms with van der Waals surface area (Å²) in [6.45, 7) is 1.04. The molecular formula is C23H31N3O6S3. The van der Waals surface area contributed by atoms with E-state index >= 15 is 0 Å². The number of benzene rings is 2. The summed E-state index contributed by atoms with van der Waals surface area (Å²) >= 11 is 1.48. The summed E-state index contributed by atoms with van der Waals surface area (Å²) in [5.74, 6) is 0.0139. The zero-order valence-corrected chi connectivity index (χ0v) is 22.3. The van der Waals surface area contributed by atoms with E-state index in [1.807, 2.05) is 12.3 Å². The predicted octanol–water partition coefficient (Wildman–Crippen LogP) is 2.54. The second-order valence-electron chi connectivity index (χ2n) is 8.11. The molecule has 0 spiro atoms. The number of nitrogens with zero attached hydrogens (tertiary/aromatic N) is 2. The fourth-order valence-corrected chi connectivity index (χ4v) is 6.49. The number of sulfonamides is 2. The maximum atomic E-state index is 12.7. The monoisotopic (exact) mass is 541 g/mol. The molecule has 0 atom stereocenters. The van der Waals surface area contributed by atoms with Gasteiger partial charge in [-0.05, 0) is 61.6 Å². The largest absolute Gasteiger partial charge is 0.492 e. The molecule has 0 aliphatic carbocycles. The van der Waals surface area contributed by atoms with E-state index in [1.54, 1.807) is 30.3 Å². The van der Waals surface area contributed by atoms with Crippen LogP contribution in [-0.4, -0.2) is 72.3 Å². The lowest BCUT2D eigenvalue weighted by Gasteiger charge is -2.25. The van der Waals surface area contributed by atoms with Gasteiger partial charge in [-0.2, -0.15) is 4.31 Å². The summed E-state index contributed by atoms with van der Waals surface area (Å²) < 4.78 is 58.1. The predicted molar refractivity (Wildman–Crippen MR) is 138 cm³/mol. The van der Waals surface area contributed by atoms with E-state index in [9.17, 15) is 21.6 Å². The highest BCUT2D eigenvalue weighted by molar-refractivity contribution is 7.98. The topological polar surface area (TPSA) is 113 Å². The zero-order chi connectivity index (χ0) is 25.5. The zero-order valence-electron chi connectivity index (χ0n) is 19.8. The van der Waals surface area contributed by atoms with E-state index in [2.05, 4.69) is 5.32 Å². The molecule has 0 bridgehead atoms. The van der Waals surface area contributed by atoms with Gasteiger partial charge in [-0.3, -0.25) is 9.10 Å². The van der Waals surface area contributed by atoms with Crippen molar-refractivity contribution in [2.75, 3.05) is 49.6 Å². The second kappa shape index (κ2) is 12.1. The normalized spacial score (nSPS) is 14.9. The van der Waals surface area contributed by atoms with Crippen LogP contribution < -0.4 is 14.4 Å². The van der Waals surface area contributed by atoms with Gasteiger partial charge in [-0.15, -0.1) is 11.8 Å². The Labute approximate surface area is 211 Å². The molecule has 12 heteroatoms. The van der Waals surface area contributed by atoms with Crippen molar-refractivity contribution in [2.24, 2.45) is 0 Å². The van der Waals surface area contributed by atoms with Gasteiger partial charge in [0.2, 0.25) is 26.0 Å². The molecule has 1 amide bonds. The molecule has 0 radical (unpaired) electrons. The first-order valence-corrected chi connectivity index (χ1v) is 15.7. The Morgan fingerprint density at radius 1 is 1.06 bits per heavy atom. The standard InChI is InChI=1S/C23H31N3O6S3/c1-33-21-8-6-7-19(17-21)26(34(2,28)29)18-23(27)24-13-16-32-20-9-11-22(12-10-20)35(30,31)25-14-4-3-5-15-25/h6-12,17H,3-5,13-16,18H2,1-2H3,(H,24,27). The van der Waals surface area contributed by atoms with Crippen molar-refractivity contribution in [3.05, 3.63) is 48.5 Å². The lowest BCUT2D eigenvalue weighted by Crippen LogP contribution is -2.41. The van der Waals surface area contributed by atoms with Crippen LogP contribution in [0.25, 0.3) is 0 Å². The number of carbonyl (C=O) groups excluding carboxylic acids is 1. The number of rotatable bonds is 11. The SMILES string of the molecule is CSc1cccc(N(CC(=O)NCCOc2ccc(S(=O)(=O)N3CCCCC3)cc2)S(C)(=O)=O)c1. The van der Waals surface area contributed by atoms with Gasteiger partial charge in [0, 0.05) is 18.0 Å².